The smallest absolute Gasteiger partial charge is 0.111 e. The third-order valence-electron chi connectivity index (χ3n) is 7.48. The Balaban J connectivity index is 0.00000181. The van der Waals surface area contributed by atoms with Crippen molar-refractivity contribution in [3.8, 4) is 22.3 Å². The molecule has 6 unspecified atom stereocenters. The minimum Gasteiger partial charge on any atom is -0.400 e. The highest BCUT2D eigenvalue weighted by Crippen LogP contribution is 2.36. The summed E-state index contributed by atoms with van der Waals surface area (Å²) in [6.45, 7) is -0.450. The molecule has 0 aromatic heterocycles. The summed E-state index contributed by atoms with van der Waals surface area (Å²) in [7, 11) is 1.00. The summed E-state index contributed by atoms with van der Waals surface area (Å²) >= 11 is 0. The first kappa shape index (κ1) is 30.3. The molecule has 2 aliphatic rings. The van der Waals surface area contributed by atoms with Crippen molar-refractivity contribution in [1.29, 1.82) is 0 Å². The molecule has 0 radical (unpaired) electrons. The van der Waals surface area contributed by atoms with Gasteiger partial charge in [-0.05, 0) is 45.5 Å². The van der Waals surface area contributed by atoms with Gasteiger partial charge >= 0.3 is 0 Å². The van der Waals surface area contributed by atoms with E-state index >= 15 is 0 Å². The summed E-state index contributed by atoms with van der Waals surface area (Å²) in [4.78, 5) is 0. The Morgan fingerprint density at radius 2 is 0.950 bits per heavy atom. The molecular formula is C31H38O9. The third kappa shape index (κ3) is 6.60. The van der Waals surface area contributed by atoms with Gasteiger partial charge in [-0.25, -0.2) is 0 Å². The van der Waals surface area contributed by atoms with E-state index in [-0.39, 0.29) is 26.1 Å². The zero-order valence-corrected chi connectivity index (χ0v) is 22.3. The van der Waals surface area contributed by atoms with Crippen LogP contribution in [0.5, 0.6) is 0 Å². The summed E-state index contributed by atoms with van der Waals surface area (Å²) in [6, 6.07) is 23.1. The molecule has 7 N–H and O–H groups in total. The minimum absolute atomic E-state index is 0.185. The largest absolute Gasteiger partial charge is 0.400 e. The topological polar surface area (TPSA) is 160 Å². The fourth-order valence-corrected chi connectivity index (χ4v) is 5.34. The normalized spacial score (nSPS) is 30.3. The van der Waals surface area contributed by atoms with Crippen LogP contribution in [0.15, 0.2) is 72.8 Å². The fourth-order valence-electron chi connectivity index (χ4n) is 5.34. The molecule has 9 nitrogen and oxygen atoms in total. The summed E-state index contributed by atoms with van der Waals surface area (Å²) in [5.41, 5.74) is 5.19. The van der Waals surface area contributed by atoms with E-state index in [0.29, 0.717) is 0 Å². The van der Waals surface area contributed by atoms with Gasteiger partial charge in [0, 0.05) is 20.0 Å². The molecule has 8 atom stereocenters. The molecule has 2 heterocycles. The molecule has 3 aromatic rings. The minimum atomic E-state index is -1.08. The summed E-state index contributed by atoms with van der Waals surface area (Å²) in [5.74, 6) is 0. The van der Waals surface area contributed by atoms with Crippen molar-refractivity contribution in [3.05, 3.63) is 83.9 Å². The van der Waals surface area contributed by atoms with Crippen LogP contribution in [0.3, 0.4) is 0 Å². The molecule has 3 aromatic carbocycles. The van der Waals surface area contributed by atoms with Gasteiger partial charge < -0.3 is 45.2 Å². The van der Waals surface area contributed by atoms with Gasteiger partial charge in [0.1, 0.15) is 24.4 Å². The number of rotatable bonds is 6. The van der Waals surface area contributed by atoms with Crippen LogP contribution >= 0.6 is 0 Å². The fraction of sp³-hybridized carbons (Fsp3) is 0.419. The molecule has 2 fully saturated rings. The van der Waals surface area contributed by atoms with E-state index < -0.39 is 48.8 Å². The lowest BCUT2D eigenvalue weighted by Crippen LogP contribution is -2.44. The van der Waals surface area contributed by atoms with Gasteiger partial charge in [-0.1, -0.05) is 60.7 Å². The van der Waals surface area contributed by atoms with Gasteiger partial charge in [-0.3, -0.25) is 0 Å². The van der Waals surface area contributed by atoms with E-state index in [0.717, 1.165) is 40.5 Å². The lowest BCUT2D eigenvalue weighted by Gasteiger charge is -2.37. The number of hydrogen-bond acceptors (Lipinski definition) is 9. The maximum atomic E-state index is 10.5. The molecule has 0 bridgehead atoms. The van der Waals surface area contributed by atoms with E-state index in [1.807, 2.05) is 72.8 Å². The van der Waals surface area contributed by atoms with Crippen LogP contribution in [0, 0.1) is 0 Å². The number of aliphatic hydroxyl groups is 7. The van der Waals surface area contributed by atoms with Gasteiger partial charge in [-0.2, -0.15) is 0 Å². The highest BCUT2D eigenvalue weighted by atomic mass is 16.5. The second-order valence-electron chi connectivity index (χ2n) is 10.1. The van der Waals surface area contributed by atoms with Gasteiger partial charge in [0.05, 0.1) is 37.6 Å². The molecule has 0 aliphatic carbocycles. The standard InChI is InChI=1S/C30H34O8.CH4O/c31-15-23-13-25(33)27(35)29(37-23)21-5-1-3-19(11-21)17-7-9-18(10-8-17)20-4-2-6-22(12-20)30-28(36)26(34)14-24(16-32)38-30;1-2/h1-12,23-36H,13-16H2;2H,1H3/t23?,24?,25?,26?,27?,28?,29-,30-;/m1./s1. The van der Waals surface area contributed by atoms with Crippen molar-refractivity contribution in [2.75, 3.05) is 20.3 Å². The SMILES string of the molecule is CO.OCC1CC(O)C(O)[C@@H](c2cccc(-c3ccc(-c4cccc([C@H]5OC(CO)CC(O)C5O)c4)cc3)c2)O1. The van der Waals surface area contributed by atoms with E-state index in [9.17, 15) is 30.6 Å². The quantitative estimate of drug-likeness (QED) is 0.241. The molecule has 0 saturated carbocycles. The Morgan fingerprint density at radius 3 is 1.30 bits per heavy atom. The Bertz CT molecular complexity index is 1120. The van der Waals surface area contributed by atoms with E-state index in [2.05, 4.69) is 0 Å². The molecule has 2 saturated heterocycles. The van der Waals surface area contributed by atoms with E-state index in [1.54, 1.807) is 0 Å². The average Bonchev–Trinajstić information content (AvgIpc) is 3.01. The zero-order chi connectivity index (χ0) is 28.8. The van der Waals surface area contributed by atoms with Crippen molar-refractivity contribution < 1.29 is 45.2 Å². The van der Waals surface area contributed by atoms with Gasteiger partial charge in [-0.15, -0.1) is 0 Å². The molecule has 9 heteroatoms. The van der Waals surface area contributed by atoms with Crippen molar-refractivity contribution in [1.82, 2.24) is 0 Å². The zero-order valence-electron chi connectivity index (χ0n) is 22.3. The molecule has 5 rings (SSSR count). The van der Waals surface area contributed by atoms with Gasteiger partial charge in [0.15, 0.2) is 0 Å². The first-order chi connectivity index (χ1) is 19.4. The van der Waals surface area contributed by atoms with Crippen molar-refractivity contribution in [3.63, 3.8) is 0 Å². The monoisotopic (exact) mass is 554 g/mol. The molecular weight excluding hydrogens is 516 g/mol. The number of aliphatic hydroxyl groups excluding tert-OH is 7. The first-order valence-corrected chi connectivity index (χ1v) is 13.4. The maximum absolute atomic E-state index is 10.5. The van der Waals surface area contributed by atoms with Crippen LogP contribution in [-0.2, 0) is 9.47 Å². The van der Waals surface area contributed by atoms with Crippen LogP contribution in [0.2, 0.25) is 0 Å². The Labute approximate surface area is 233 Å². The predicted molar refractivity (Wildman–Crippen MR) is 148 cm³/mol. The predicted octanol–water partition coefficient (Wildman–Crippen LogP) is 1.72. The highest BCUT2D eigenvalue weighted by Gasteiger charge is 2.38. The molecule has 40 heavy (non-hydrogen) atoms. The maximum Gasteiger partial charge on any atom is 0.111 e. The molecule has 0 amide bonds. The Hall–Kier alpha value is -2.70. The van der Waals surface area contributed by atoms with Crippen molar-refractivity contribution in [2.24, 2.45) is 0 Å². The summed E-state index contributed by atoms with van der Waals surface area (Å²) in [5, 5.41) is 67.4. The van der Waals surface area contributed by atoms with Gasteiger partial charge in [0.25, 0.3) is 0 Å². The second kappa shape index (κ2) is 13.8. The Morgan fingerprint density at radius 1 is 0.575 bits per heavy atom. The number of hydrogen-bond donors (Lipinski definition) is 7. The molecule has 2 aliphatic heterocycles. The lowest BCUT2D eigenvalue weighted by molar-refractivity contribution is -0.179. The third-order valence-corrected chi connectivity index (χ3v) is 7.48. The average molecular weight is 555 g/mol. The van der Waals surface area contributed by atoms with Gasteiger partial charge in [0.2, 0.25) is 0 Å². The number of benzene rings is 3. The van der Waals surface area contributed by atoms with E-state index in [4.69, 9.17) is 14.6 Å². The molecule has 0 spiro atoms. The van der Waals surface area contributed by atoms with Crippen LogP contribution in [0.25, 0.3) is 22.3 Å². The van der Waals surface area contributed by atoms with Crippen LogP contribution in [0.4, 0.5) is 0 Å². The highest BCUT2D eigenvalue weighted by molar-refractivity contribution is 5.71. The number of ether oxygens (including phenoxy) is 2. The van der Waals surface area contributed by atoms with Crippen LogP contribution < -0.4 is 0 Å². The Kier molecular flexibility index (Phi) is 10.4. The van der Waals surface area contributed by atoms with E-state index in [1.165, 1.54) is 0 Å². The molecule has 216 valence electrons. The van der Waals surface area contributed by atoms with Crippen molar-refractivity contribution >= 4 is 0 Å². The first-order valence-electron chi connectivity index (χ1n) is 13.4. The van der Waals surface area contributed by atoms with Crippen LogP contribution in [0.1, 0.15) is 36.2 Å². The second-order valence-corrected chi connectivity index (χ2v) is 10.1. The summed E-state index contributed by atoms with van der Waals surface area (Å²) < 4.78 is 11.7. The lowest BCUT2D eigenvalue weighted by atomic mass is 9.90. The van der Waals surface area contributed by atoms with Crippen molar-refractivity contribution in [2.45, 2.75) is 61.7 Å². The summed E-state index contributed by atoms with van der Waals surface area (Å²) in [6.07, 6.45) is -6.27. The van der Waals surface area contributed by atoms with Crippen LogP contribution in [-0.4, -0.2) is 92.7 Å².